The minimum Gasteiger partial charge on any atom is -0.259 e. The van der Waals surface area contributed by atoms with E-state index in [-0.39, 0.29) is 0 Å². The summed E-state index contributed by atoms with van der Waals surface area (Å²) >= 11 is 0. The first-order valence-electron chi connectivity index (χ1n) is 5.84. The quantitative estimate of drug-likeness (QED) is 0.665. The van der Waals surface area contributed by atoms with Crippen molar-refractivity contribution >= 4 is 10.8 Å². The van der Waals surface area contributed by atoms with E-state index in [1.165, 1.54) is 0 Å². The van der Waals surface area contributed by atoms with E-state index in [1.54, 1.807) is 0 Å². The molecule has 14 heavy (non-hydrogen) atoms. The molecule has 0 rings (SSSR count). The average Bonchev–Trinajstić information content (AvgIpc) is 2.04. The molecule has 0 bridgehead atoms. The van der Waals surface area contributed by atoms with Gasteiger partial charge in [0.25, 0.3) is 0 Å². The number of hydrogen-bond donors (Lipinski definition) is 0. The summed E-state index contributed by atoms with van der Waals surface area (Å²) in [6.45, 7) is 13.0. The zero-order valence-electron chi connectivity index (χ0n) is 10.5. The molecular formula is C12H26OS. The summed E-state index contributed by atoms with van der Waals surface area (Å²) in [6.07, 6.45) is 2.07. The molecule has 0 amide bonds. The molecule has 2 heteroatoms. The molecule has 0 aromatic rings. The van der Waals surface area contributed by atoms with Gasteiger partial charge < -0.3 is 0 Å². The average molecular weight is 218 g/mol. The highest BCUT2D eigenvalue weighted by atomic mass is 32.2. The Morgan fingerprint density at radius 3 is 1.29 bits per heavy atom. The zero-order valence-corrected chi connectivity index (χ0v) is 11.4. The Hall–Kier alpha value is 0.150. The van der Waals surface area contributed by atoms with Crippen LogP contribution in [-0.4, -0.2) is 14.7 Å². The van der Waals surface area contributed by atoms with Crippen LogP contribution in [0.25, 0.3) is 0 Å². The van der Waals surface area contributed by atoms with Crippen molar-refractivity contribution in [1.82, 2.24) is 0 Å². The first kappa shape index (κ1) is 14.2. The van der Waals surface area contributed by atoms with Crippen LogP contribution in [0.1, 0.15) is 54.4 Å². The monoisotopic (exact) mass is 218 g/mol. The summed E-state index contributed by atoms with van der Waals surface area (Å²) in [7, 11) is -0.656. The number of rotatable bonds is 6. The molecule has 0 aromatic carbocycles. The van der Waals surface area contributed by atoms with Gasteiger partial charge in [0.2, 0.25) is 0 Å². The lowest BCUT2D eigenvalue weighted by Crippen LogP contribution is -2.32. The first-order chi connectivity index (χ1) is 6.45. The van der Waals surface area contributed by atoms with E-state index in [0.29, 0.717) is 22.3 Å². The van der Waals surface area contributed by atoms with Gasteiger partial charge in [-0.25, -0.2) is 0 Å². The third-order valence-electron chi connectivity index (χ3n) is 2.89. The second-order valence-electron chi connectivity index (χ2n) is 4.71. The normalized spacial score (nSPS) is 18.6. The molecular weight excluding hydrogens is 192 g/mol. The molecule has 0 saturated carbocycles. The van der Waals surface area contributed by atoms with Crippen LogP contribution in [0.15, 0.2) is 0 Å². The Labute approximate surface area is 92.1 Å². The maximum absolute atomic E-state index is 12.3. The van der Waals surface area contributed by atoms with Gasteiger partial charge >= 0.3 is 0 Å². The standard InChI is InChI=1S/C12H26OS/c1-7-11(9(3)4)14(13)12(8-2)10(5)6/h9-12H,7-8H2,1-6H3. The molecule has 2 unspecified atom stereocenters. The van der Waals surface area contributed by atoms with E-state index in [9.17, 15) is 4.21 Å². The van der Waals surface area contributed by atoms with Gasteiger partial charge in [0.15, 0.2) is 0 Å². The van der Waals surface area contributed by atoms with Crippen molar-refractivity contribution in [2.75, 3.05) is 0 Å². The zero-order chi connectivity index (χ0) is 11.3. The topological polar surface area (TPSA) is 17.1 Å². The fraction of sp³-hybridized carbons (Fsp3) is 1.00. The Balaban J connectivity index is 4.54. The van der Waals surface area contributed by atoms with Crippen LogP contribution in [0, 0.1) is 11.8 Å². The summed E-state index contributed by atoms with van der Waals surface area (Å²) in [6, 6.07) is 0. The van der Waals surface area contributed by atoms with Crippen LogP contribution in [0.3, 0.4) is 0 Å². The maximum Gasteiger partial charge on any atom is 0.0371 e. The summed E-state index contributed by atoms with van der Waals surface area (Å²) in [5.74, 6) is 1.07. The first-order valence-corrected chi connectivity index (χ1v) is 7.12. The van der Waals surface area contributed by atoms with Crippen LogP contribution in [-0.2, 0) is 10.8 Å². The smallest absolute Gasteiger partial charge is 0.0371 e. The lowest BCUT2D eigenvalue weighted by Gasteiger charge is -2.26. The highest BCUT2D eigenvalue weighted by Crippen LogP contribution is 2.22. The SMILES string of the molecule is CCC(C(C)C)S(=O)C(CC)C(C)C. The summed E-state index contributed by atoms with van der Waals surface area (Å²) < 4.78 is 12.3. The fourth-order valence-corrected chi connectivity index (χ4v) is 4.21. The van der Waals surface area contributed by atoms with Crippen molar-refractivity contribution in [3.05, 3.63) is 0 Å². The van der Waals surface area contributed by atoms with Gasteiger partial charge in [0, 0.05) is 21.3 Å². The third kappa shape index (κ3) is 3.72. The Morgan fingerprint density at radius 1 is 0.857 bits per heavy atom. The molecule has 0 aliphatic rings. The predicted molar refractivity (Wildman–Crippen MR) is 66.0 cm³/mol. The molecule has 86 valence electrons. The Morgan fingerprint density at radius 2 is 1.14 bits per heavy atom. The Bertz CT molecular complexity index is 157. The summed E-state index contributed by atoms with van der Waals surface area (Å²) in [5, 5.41) is 0.754. The fourth-order valence-electron chi connectivity index (χ4n) is 2.03. The van der Waals surface area contributed by atoms with Crippen molar-refractivity contribution in [1.29, 1.82) is 0 Å². The minimum atomic E-state index is -0.656. The van der Waals surface area contributed by atoms with Crippen LogP contribution >= 0.6 is 0 Å². The van der Waals surface area contributed by atoms with E-state index < -0.39 is 10.8 Å². The third-order valence-corrected chi connectivity index (χ3v) is 5.84. The van der Waals surface area contributed by atoms with Gasteiger partial charge in [-0.2, -0.15) is 0 Å². The maximum atomic E-state index is 12.3. The Kier molecular flexibility index (Phi) is 6.67. The van der Waals surface area contributed by atoms with Crippen molar-refractivity contribution < 1.29 is 4.21 Å². The predicted octanol–water partition coefficient (Wildman–Crippen LogP) is 3.60. The molecule has 0 heterocycles. The van der Waals surface area contributed by atoms with Gasteiger partial charge in [-0.05, 0) is 24.7 Å². The van der Waals surface area contributed by atoms with Crippen molar-refractivity contribution in [3.8, 4) is 0 Å². The van der Waals surface area contributed by atoms with Crippen molar-refractivity contribution in [3.63, 3.8) is 0 Å². The van der Waals surface area contributed by atoms with E-state index in [4.69, 9.17) is 0 Å². The number of hydrogen-bond acceptors (Lipinski definition) is 1. The molecule has 0 aliphatic carbocycles. The van der Waals surface area contributed by atoms with Crippen LogP contribution < -0.4 is 0 Å². The molecule has 0 N–H and O–H groups in total. The summed E-state index contributed by atoms with van der Waals surface area (Å²) in [4.78, 5) is 0. The molecule has 0 spiro atoms. The van der Waals surface area contributed by atoms with E-state index in [1.807, 2.05) is 0 Å². The van der Waals surface area contributed by atoms with Crippen molar-refractivity contribution in [2.45, 2.75) is 64.9 Å². The van der Waals surface area contributed by atoms with Crippen molar-refractivity contribution in [2.24, 2.45) is 11.8 Å². The molecule has 0 saturated heterocycles. The highest BCUT2D eigenvalue weighted by molar-refractivity contribution is 7.86. The second kappa shape index (κ2) is 6.60. The van der Waals surface area contributed by atoms with Crippen LogP contribution in [0.2, 0.25) is 0 Å². The molecule has 2 atom stereocenters. The van der Waals surface area contributed by atoms with E-state index in [2.05, 4.69) is 41.5 Å². The lowest BCUT2D eigenvalue weighted by atomic mass is 10.1. The van der Waals surface area contributed by atoms with Gasteiger partial charge in [-0.1, -0.05) is 41.5 Å². The largest absolute Gasteiger partial charge is 0.259 e. The lowest BCUT2D eigenvalue weighted by molar-refractivity contribution is 0.526. The minimum absolute atomic E-state index is 0.377. The highest BCUT2D eigenvalue weighted by Gasteiger charge is 2.27. The molecule has 0 radical (unpaired) electrons. The molecule has 1 nitrogen and oxygen atoms in total. The van der Waals surface area contributed by atoms with Gasteiger partial charge in [0.1, 0.15) is 0 Å². The summed E-state index contributed by atoms with van der Waals surface area (Å²) in [5.41, 5.74) is 0. The molecule has 0 aliphatic heterocycles. The molecule has 0 aromatic heterocycles. The molecule has 0 fully saturated rings. The van der Waals surface area contributed by atoms with E-state index in [0.717, 1.165) is 12.8 Å². The van der Waals surface area contributed by atoms with Crippen LogP contribution in [0.5, 0.6) is 0 Å². The second-order valence-corrected chi connectivity index (χ2v) is 6.58. The van der Waals surface area contributed by atoms with Gasteiger partial charge in [0.05, 0.1) is 0 Å². The van der Waals surface area contributed by atoms with Gasteiger partial charge in [-0.3, -0.25) is 4.21 Å². The van der Waals surface area contributed by atoms with Gasteiger partial charge in [-0.15, -0.1) is 0 Å². The van der Waals surface area contributed by atoms with Crippen LogP contribution in [0.4, 0.5) is 0 Å². The van der Waals surface area contributed by atoms with E-state index >= 15 is 0 Å².